The van der Waals surface area contributed by atoms with Crippen LogP contribution in [0.2, 0.25) is 0 Å². The Balaban J connectivity index is 1.05. The molecule has 0 fully saturated rings. The van der Waals surface area contributed by atoms with E-state index >= 15 is 0 Å². The maximum atomic E-state index is 2.45. The van der Waals surface area contributed by atoms with Gasteiger partial charge in [-0.05, 0) is 137 Å². The number of anilines is 6. The standard InChI is InChI=1S/C73H50N2/c1-7-25-51(26-8-1)60-37-21-23-41-68(60)74(56-33-15-5-16-34-56)58-44-47-62-53(49-58)43-46-66-70-64-40-20-19-39-63(64)67-50-59(75(57-35-17-6-18-36-57)69-42-24-22-38-61(69)52-27-9-2-10-28-52)45-48-65(67)72(70)73(71(62)66,54-29-11-3-12-30-54)55-31-13-4-14-32-55/h1-50H. The number of para-hydroxylation sites is 4. The molecule has 0 aliphatic heterocycles. The molecule has 0 saturated carbocycles. The van der Waals surface area contributed by atoms with Gasteiger partial charge in [0.2, 0.25) is 0 Å². The van der Waals surface area contributed by atoms with Gasteiger partial charge in [-0.1, -0.05) is 243 Å². The van der Waals surface area contributed by atoms with Crippen LogP contribution in [0, 0.1) is 0 Å². The van der Waals surface area contributed by atoms with Gasteiger partial charge in [-0.3, -0.25) is 0 Å². The van der Waals surface area contributed by atoms with Gasteiger partial charge in [0, 0.05) is 33.9 Å². The Morgan fingerprint density at radius 2 is 0.667 bits per heavy atom. The predicted molar refractivity (Wildman–Crippen MR) is 317 cm³/mol. The van der Waals surface area contributed by atoms with Crippen LogP contribution in [-0.4, -0.2) is 0 Å². The van der Waals surface area contributed by atoms with E-state index < -0.39 is 5.41 Å². The Kier molecular flexibility index (Phi) is 10.8. The van der Waals surface area contributed by atoms with Crippen molar-refractivity contribution in [1.82, 2.24) is 0 Å². The molecule has 352 valence electrons. The van der Waals surface area contributed by atoms with Crippen molar-refractivity contribution in [3.8, 4) is 33.4 Å². The molecular weight excluding hydrogens is 905 g/mol. The Morgan fingerprint density at radius 1 is 0.240 bits per heavy atom. The highest BCUT2D eigenvalue weighted by Crippen LogP contribution is 2.62. The normalized spacial score (nSPS) is 12.4. The molecule has 0 N–H and O–H groups in total. The lowest BCUT2D eigenvalue weighted by Crippen LogP contribution is -2.29. The van der Waals surface area contributed by atoms with Gasteiger partial charge in [0.1, 0.15) is 0 Å². The molecule has 0 saturated heterocycles. The van der Waals surface area contributed by atoms with Crippen LogP contribution in [0.1, 0.15) is 22.3 Å². The van der Waals surface area contributed by atoms with Crippen LogP contribution in [0.4, 0.5) is 34.1 Å². The molecule has 0 unspecified atom stereocenters. The molecule has 2 nitrogen and oxygen atoms in total. The Hall–Kier alpha value is -9.76. The minimum Gasteiger partial charge on any atom is -0.310 e. The van der Waals surface area contributed by atoms with E-state index in [0.717, 1.165) is 34.1 Å². The first kappa shape index (κ1) is 44.0. The molecule has 0 amide bonds. The molecule has 75 heavy (non-hydrogen) atoms. The molecule has 0 spiro atoms. The van der Waals surface area contributed by atoms with E-state index in [2.05, 4.69) is 313 Å². The van der Waals surface area contributed by atoms with Crippen LogP contribution in [0.15, 0.2) is 303 Å². The molecule has 0 heterocycles. The van der Waals surface area contributed by atoms with Crippen molar-refractivity contribution in [2.24, 2.45) is 0 Å². The van der Waals surface area contributed by atoms with Crippen LogP contribution >= 0.6 is 0 Å². The lowest BCUT2D eigenvalue weighted by Gasteiger charge is -2.36. The number of benzene rings is 13. The van der Waals surface area contributed by atoms with Gasteiger partial charge < -0.3 is 9.80 Å². The fourth-order valence-corrected chi connectivity index (χ4v) is 12.4. The van der Waals surface area contributed by atoms with E-state index in [-0.39, 0.29) is 0 Å². The van der Waals surface area contributed by atoms with Crippen LogP contribution in [0.25, 0.3) is 65.7 Å². The summed E-state index contributed by atoms with van der Waals surface area (Å²) in [4.78, 5) is 4.85. The summed E-state index contributed by atoms with van der Waals surface area (Å²) in [5.74, 6) is 0. The van der Waals surface area contributed by atoms with Crippen molar-refractivity contribution in [2.75, 3.05) is 9.80 Å². The number of rotatable bonds is 10. The maximum absolute atomic E-state index is 2.45. The molecule has 0 radical (unpaired) electrons. The molecule has 1 aliphatic rings. The van der Waals surface area contributed by atoms with Gasteiger partial charge in [-0.25, -0.2) is 0 Å². The fraction of sp³-hybridized carbons (Fsp3) is 0.0137. The summed E-state index contributed by atoms with van der Waals surface area (Å²) in [5.41, 5.74) is 18.3. The predicted octanol–water partition coefficient (Wildman–Crippen LogP) is 19.8. The summed E-state index contributed by atoms with van der Waals surface area (Å²) >= 11 is 0. The van der Waals surface area contributed by atoms with Crippen molar-refractivity contribution >= 4 is 66.4 Å². The molecule has 13 aromatic carbocycles. The van der Waals surface area contributed by atoms with Crippen molar-refractivity contribution in [3.63, 3.8) is 0 Å². The SMILES string of the molecule is c1ccc(-c2ccccc2N(c2ccccc2)c2ccc3c4c(ccc3c2)-c2c(c3ccc(N(c5ccccc5)c5ccccc5-c5ccccc5)cc3c3ccccc23)C4(c2ccccc2)c2ccccc2)cc1. The minimum atomic E-state index is -0.698. The van der Waals surface area contributed by atoms with Crippen LogP contribution in [0.5, 0.6) is 0 Å². The van der Waals surface area contributed by atoms with E-state index in [1.165, 1.54) is 88.0 Å². The quantitative estimate of drug-likeness (QED) is 0.126. The van der Waals surface area contributed by atoms with Crippen LogP contribution in [0.3, 0.4) is 0 Å². The molecule has 2 heteroatoms. The Bertz CT molecular complexity index is 4170. The topological polar surface area (TPSA) is 6.48 Å². The monoisotopic (exact) mass is 954 g/mol. The smallest absolute Gasteiger partial charge is 0.0725 e. The average Bonchev–Trinajstić information content (AvgIpc) is 4.05. The van der Waals surface area contributed by atoms with Crippen molar-refractivity contribution in [1.29, 1.82) is 0 Å². The van der Waals surface area contributed by atoms with E-state index in [1.54, 1.807) is 0 Å². The summed E-state index contributed by atoms with van der Waals surface area (Å²) < 4.78 is 0. The highest BCUT2D eigenvalue weighted by atomic mass is 15.1. The first-order valence-electron chi connectivity index (χ1n) is 25.9. The lowest BCUT2D eigenvalue weighted by molar-refractivity contribution is 0.783. The second-order valence-electron chi connectivity index (χ2n) is 19.5. The third kappa shape index (κ3) is 7.17. The van der Waals surface area contributed by atoms with Crippen LogP contribution < -0.4 is 9.80 Å². The Morgan fingerprint density at radius 3 is 1.20 bits per heavy atom. The van der Waals surface area contributed by atoms with Crippen molar-refractivity contribution in [2.45, 2.75) is 5.41 Å². The third-order valence-corrected chi connectivity index (χ3v) is 15.5. The molecule has 0 bridgehead atoms. The maximum Gasteiger partial charge on any atom is 0.0725 e. The van der Waals surface area contributed by atoms with E-state index in [4.69, 9.17) is 0 Å². The van der Waals surface area contributed by atoms with Gasteiger partial charge in [0.05, 0.1) is 16.8 Å². The van der Waals surface area contributed by atoms with E-state index in [0.29, 0.717) is 0 Å². The lowest BCUT2D eigenvalue weighted by atomic mass is 9.65. The van der Waals surface area contributed by atoms with E-state index in [1.807, 2.05) is 0 Å². The van der Waals surface area contributed by atoms with E-state index in [9.17, 15) is 0 Å². The van der Waals surface area contributed by atoms with Gasteiger partial charge in [-0.2, -0.15) is 0 Å². The molecule has 0 aromatic heterocycles. The summed E-state index contributed by atoms with van der Waals surface area (Å²) in [7, 11) is 0. The summed E-state index contributed by atoms with van der Waals surface area (Å²) in [6, 6.07) is 111. The first-order valence-corrected chi connectivity index (χ1v) is 25.9. The number of fused-ring (bicyclic) bond motifs is 10. The molecule has 14 rings (SSSR count). The summed E-state index contributed by atoms with van der Waals surface area (Å²) in [6.07, 6.45) is 0. The minimum absolute atomic E-state index is 0.698. The highest BCUT2D eigenvalue weighted by molar-refractivity contribution is 6.21. The first-order chi connectivity index (χ1) is 37.3. The highest BCUT2D eigenvalue weighted by Gasteiger charge is 2.49. The molecule has 13 aromatic rings. The average molecular weight is 955 g/mol. The fourth-order valence-electron chi connectivity index (χ4n) is 12.4. The largest absolute Gasteiger partial charge is 0.310 e. The van der Waals surface area contributed by atoms with Gasteiger partial charge >= 0.3 is 0 Å². The van der Waals surface area contributed by atoms with Crippen LogP contribution in [-0.2, 0) is 5.41 Å². The van der Waals surface area contributed by atoms with Gasteiger partial charge in [0.25, 0.3) is 0 Å². The van der Waals surface area contributed by atoms with Crippen molar-refractivity contribution in [3.05, 3.63) is 326 Å². The zero-order valence-corrected chi connectivity index (χ0v) is 41.3. The Labute approximate surface area is 438 Å². The zero-order valence-electron chi connectivity index (χ0n) is 41.3. The molecule has 0 atom stereocenters. The second-order valence-corrected chi connectivity index (χ2v) is 19.5. The second kappa shape index (κ2) is 18.4. The zero-order chi connectivity index (χ0) is 49.7. The summed E-state index contributed by atoms with van der Waals surface area (Å²) in [5, 5.41) is 7.33. The number of hydrogen-bond acceptors (Lipinski definition) is 2. The third-order valence-electron chi connectivity index (χ3n) is 15.5. The van der Waals surface area contributed by atoms with Crippen molar-refractivity contribution < 1.29 is 0 Å². The molecular formula is C73H50N2. The van der Waals surface area contributed by atoms with Gasteiger partial charge in [-0.15, -0.1) is 0 Å². The molecule has 1 aliphatic carbocycles. The van der Waals surface area contributed by atoms with Gasteiger partial charge in [0.15, 0.2) is 0 Å². The number of hydrogen-bond donors (Lipinski definition) is 0. The number of nitrogens with zero attached hydrogens (tertiary/aromatic N) is 2. The summed E-state index contributed by atoms with van der Waals surface area (Å²) in [6.45, 7) is 0.